The largest absolute Gasteiger partial charge is 0.316 e. The third-order valence-corrected chi connectivity index (χ3v) is 2.30. The predicted molar refractivity (Wildman–Crippen MR) is 67.1 cm³/mol. The number of hydrazone groups is 1. The van der Waals surface area contributed by atoms with Crippen LogP contribution in [0.2, 0.25) is 0 Å². The molecular weight excluding hydrogens is 233 g/mol. The van der Waals surface area contributed by atoms with Crippen molar-refractivity contribution in [1.82, 2.24) is 9.99 Å². The number of hydrogen-bond donors (Lipinski definition) is 1. The number of halogens is 1. The van der Waals surface area contributed by atoms with E-state index >= 15 is 0 Å². The van der Waals surface area contributed by atoms with Gasteiger partial charge in [0, 0.05) is 18.8 Å². The molecule has 0 saturated carbocycles. The van der Waals surface area contributed by atoms with Crippen molar-refractivity contribution in [2.45, 2.75) is 6.92 Å². The Morgan fingerprint density at radius 3 is 2.72 bits per heavy atom. The molecule has 5 heteroatoms. The normalized spacial score (nSPS) is 10.8. The Labute approximate surface area is 104 Å². The van der Waals surface area contributed by atoms with E-state index in [0.717, 1.165) is 11.4 Å². The number of benzene rings is 1. The molecule has 1 aromatic heterocycles. The first-order valence-corrected chi connectivity index (χ1v) is 5.40. The average Bonchev–Trinajstić information content (AvgIpc) is 2.78. The number of carbonyl (C=O) groups excluding carboxylic acids is 1. The molecule has 1 N–H and O–H groups in total. The molecule has 0 aliphatic rings. The summed E-state index contributed by atoms with van der Waals surface area (Å²) in [6.07, 6.45) is 3.37. The summed E-state index contributed by atoms with van der Waals surface area (Å²) in [6, 6.07) is 9.82. The van der Waals surface area contributed by atoms with Gasteiger partial charge in [0.1, 0.15) is 5.82 Å². The van der Waals surface area contributed by atoms with Gasteiger partial charge >= 0.3 is 0 Å². The molecule has 0 unspecified atom stereocenters. The van der Waals surface area contributed by atoms with E-state index in [0.29, 0.717) is 0 Å². The summed E-state index contributed by atoms with van der Waals surface area (Å²) in [7, 11) is 0. The standard InChI is InChI=1S/C13H12FN3O/c1-10(18)16-15-9-13-3-2-8-17(13)12-6-4-11(14)5-7-12/h2-9H,1H3,(H,16,18)/b15-9-. The number of carbonyl (C=O) groups is 1. The topological polar surface area (TPSA) is 46.4 Å². The number of amides is 1. The zero-order chi connectivity index (χ0) is 13.0. The first-order valence-electron chi connectivity index (χ1n) is 5.40. The quantitative estimate of drug-likeness (QED) is 0.653. The number of nitrogens with one attached hydrogen (secondary N) is 1. The first kappa shape index (κ1) is 12.0. The summed E-state index contributed by atoms with van der Waals surface area (Å²) in [4.78, 5) is 10.7. The molecule has 1 amide bonds. The third kappa shape index (κ3) is 2.82. The highest BCUT2D eigenvalue weighted by Crippen LogP contribution is 2.12. The van der Waals surface area contributed by atoms with Gasteiger partial charge in [-0.2, -0.15) is 5.10 Å². The SMILES string of the molecule is CC(=O)N/N=C\c1cccn1-c1ccc(F)cc1. The van der Waals surface area contributed by atoms with E-state index in [1.165, 1.54) is 25.3 Å². The lowest BCUT2D eigenvalue weighted by Crippen LogP contribution is -2.12. The summed E-state index contributed by atoms with van der Waals surface area (Å²) in [5, 5.41) is 3.80. The van der Waals surface area contributed by atoms with Gasteiger partial charge in [0.15, 0.2) is 0 Å². The minimum Gasteiger partial charge on any atom is -0.316 e. The molecule has 0 fully saturated rings. The van der Waals surface area contributed by atoms with Crippen molar-refractivity contribution < 1.29 is 9.18 Å². The maximum Gasteiger partial charge on any atom is 0.236 e. The zero-order valence-corrected chi connectivity index (χ0v) is 9.80. The Morgan fingerprint density at radius 2 is 2.06 bits per heavy atom. The van der Waals surface area contributed by atoms with Crippen LogP contribution < -0.4 is 5.43 Å². The van der Waals surface area contributed by atoms with Gasteiger partial charge in [0.25, 0.3) is 0 Å². The van der Waals surface area contributed by atoms with Crippen molar-refractivity contribution >= 4 is 12.1 Å². The van der Waals surface area contributed by atoms with Crippen molar-refractivity contribution in [1.29, 1.82) is 0 Å². The summed E-state index contributed by atoms with van der Waals surface area (Å²) in [5.74, 6) is -0.509. The van der Waals surface area contributed by atoms with Crippen molar-refractivity contribution in [2.24, 2.45) is 5.10 Å². The van der Waals surface area contributed by atoms with E-state index in [9.17, 15) is 9.18 Å². The number of hydrogen-bond acceptors (Lipinski definition) is 2. The molecule has 2 rings (SSSR count). The maximum atomic E-state index is 12.8. The summed E-state index contributed by atoms with van der Waals surface area (Å²) >= 11 is 0. The van der Waals surface area contributed by atoms with Gasteiger partial charge in [-0.05, 0) is 36.4 Å². The average molecular weight is 245 g/mol. The fourth-order valence-corrected chi connectivity index (χ4v) is 1.53. The van der Waals surface area contributed by atoms with Crippen molar-refractivity contribution in [3.05, 3.63) is 54.1 Å². The summed E-state index contributed by atoms with van der Waals surface area (Å²) < 4.78 is 14.7. The predicted octanol–water partition coefficient (Wildman–Crippen LogP) is 2.09. The van der Waals surface area contributed by atoms with E-state index in [1.54, 1.807) is 12.1 Å². The molecule has 1 heterocycles. The molecule has 0 radical (unpaired) electrons. The minimum atomic E-state index is -0.278. The second kappa shape index (κ2) is 5.27. The highest BCUT2D eigenvalue weighted by atomic mass is 19.1. The molecule has 0 saturated heterocycles. The molecular formula is C13H12FN3O. The minimum absolute atomic E-state index is 0.230. The lowest BCUT2D eigenvalue weighted by atomic mass is 10.3. The van der Waals surface area contributed by atoms with Crippen molar-refractivity contribution in [3.8, 4) is 5.69 Å². The lowest BCUT2D eigenvalue weighted by molar-refractivity contribution is -0.118. The highest BCUT2D eigenvalue weighted by molar-refractivity contribution is 5.81. The lowest BCUT2D eigenvalue weighted by Gasteiger charge is -2.05. The second-order valence-electron chi connectivity index (χ2n) is 3.71. The summed E-state index contributed by atoms with van der Waals surface area (Å²) in [6.45, 7) is 1.39. The van der Waals surface area contributed by atoms with Gasteiger partial charge in [-0.15, -0.1) is 0 Å². The first-order chi connectivity index (χ1) is 8.66. The van der Waals surface area contributed by atoms with Crippen LogP contribution in [0.5, 0.6) is 0 Å². The van der Waals surface area contributed by atoms with Gasteiger partial charge in [0.2, 0.25) is 5.91 Å². The molecule has 0 aliphatic carbocycles. The van der Waals surface area contributed by atoms with E-state index in [-0.39, 0.29) is 11.7 Å². The van der Waals surface area contributed by atoms with Crippen LogP contribution in [0.3, 0.4) is 0 Å². The van der Waals surface area contributed by atoms with E-state index in [2.05, 4.69) is 10.5 Å². The monoisotopic (exact) mass is 245 g/mol. The van der Waals surface area contributed by atoms with Crippen LogP contribution in [0.15, 0.2) is 47.7 Å². The molecule has 0 aliphatic heterocycles. The molecule has 92 valence electrons. The molecule has 4 nitrogen and oxygen atoms in total. The van der Waals surface area contributed by atoms with Crippen LogP contribution in [0.1, 0.15) is 12.6 Å². The van der Waals surface area contributed by atoms with Gasteiger partial charge in [-0.3, -0.25) is 4.79 Å². The van der Waals surface area contributed by atoms with Crippen LogP contribution in [0.4, 0.5) is 4.39 Å². The Hall–Kier alpha value is -2.43. The van der Waals surface area contributed by atoms with Crippen LogP contribution >= 0.6 is 0 Å². The van der Waals surface area contributed by atoms with Crippen LogP contribution in [0.25, 0.3) is 5.69 Å². The van der Waals surface area contributed by atoms with Gasteiger partial charge in [0.05, 0.1) is 11.9 Å². The highest BCUT2D eigenvalue weighted by Gasteiger charge is 2.01. The Kier molecular flexibility index (Phi) is 3.52. The molecule has 0 spiro atoms. The fraction of sp³-hybridized carbons (Fsp3) is 0.0769. The Balaban J connectivity index is 2.24. The zero-order valence-electron chi connectivity index (χ0n) is 9.80. The number of nitrogens with zero attached hydrogens (tertiary/aromatic N) is 2. The van der Waals surface area contributed by atoms with Gasteiger partial charge < -0.3 is 4.57 Å². The smallest absolute Gasteiger partial charge is 0.236 e. The third-order valence-electron chi connectivity index (χ3n) is 2.30. The molecule has 1 aromatic carbocycles. The van der Waals surface area contributed by atoms with Crippen molar-refractivity contribution in [3.63, 3.8) is 0 Å². The fourth-order valence-electron chi connectivity index (χ4n) is 1.53. The van der Waals surface area contributed by atoms with Crippen LogP contribution in [-0.4, -0.2) is 16.7 Å². The van der Waals surface area contributed by atoms with Crippen LogP contribution in [0, 0.1) is 5.82 Å². The van der Waals surface area contributed by atoms with E-state index < -0.39 is 0 Å². The molecule has 0 bridgehead atoms. The Bertz CT molecular complexity index is 572. The molecule has 0 atom stereocenters. The van der Waals surface area contributed by atoms with Crippen LogP contribution in [-0.2, 0) is 4.79 Å². The number of aromatic nitrogens is 1. The molecule has 2 aromatic rings. The van der Waals surface area contributed by atoms with Crippen molar-refractivity contribution in [2.75, 3.05) is 0 Å². The Morgan fingerprint density at radius 1 is 1.33 bits per heavy atom. The van der Waals surface area contributed by atoms with Gasteiger partial charge in [-0.25, -0.2) is 9.82 Å². The number of rotatable bonds is 3. The van der Waals surface area contributed by atoms with E-state index in [4.69, 9.17) is 0 Å². The van der Waals surface area contributed by atoms with Gasteiger partial charge in [-0.1, -0.05) is 0 Å². The van der Waals surface area contributed by atoms with E-state index in [1.807, 2.05) is 22.9 Å². The summed E-state index contributed by atoms with van der Waals surface area (Å²) in [5.41, 5.74) is 3.94. The maximum absolute atomic E-state index is 12.8. The molecule has 18 heavy (non-hydrogen) atoms. The second-order valence-corrected chi connectivity index (χ2v) is 3.71.